The molecule has 2 heterocycles. The van der Waals surface area contributed by atoms with Gasteiger partial charge in [-0.3, -0.25) is 10.1 Å². The molecule has 128 valence electrons. The zero-order chi connectivity index (χ0) is 17.8. The lowest BCUT2D eigenvalue weighted by atomic mass is 10.00. The Morgan fingerprint density at radius 3 is 2.52 bits per heavy atom. The van der Waals surface area contributed by atoms with Crippen LogP contribution in [0, 0.1) is 20.8 Å². The molecule has 25 heavy (non-hydrogen) atoms. The molecule has 6 nitrogen and oxygen atoms in total. The van der Waals surface area contributed by atoms with Gasteiger partial charge in [0.2, 0.25) is 5.13 Å². The molecule has 2 N–H and O–H groups in total. The summed E-state index contributed by atoms with van der Waals surface area (Å²) < 4.78 is 0. The van der Waals surface area contributed by atoms with Crippen molar-refractivity contribution in [3.8, 4) is 0 Å². The lowest BCUT2D eigenvalue weighted by Crippen LogP contribution is -2.12. The molecule has 0 aliphatic rings. The average Bonchev–Trinajstić information content (AvgIpc) is 3.07. The van der Waals surface area contributed by atoms with Gasteiger partial charge in [-0.1, -0.05) is 29.0 Å². The highest BCUT2D eigenvalue weighted by atomic mass is 32.1. The van der Waals surface area contributed by atoms with E-state index < -0.39 is 0 Å². The van der Waals surface area contributed by atoms with Crippen molar-refractivity contribution < 1.29 is 4.79 Å². The minimum atomic E-state index is -0.249. The minimum Gasteiger partial charge on any atom is -0.366 e. The van der Waals surface area contributed by atoms with E-state index in [-0.39, 0.29) is 5.91 Å². The van der Waals surface area contributed by atoms with Crippen LogP contribution in [0.1, 0.15) is 32.6 Å². The average molecular weight is 353 g/mol. The summed E-state index contributed by atoms with van der Waals surface area (Å²) in [7, 11) is 0. The van der Waals surface area contributed by atoms with E-state index in [4.69, 9.17) is 0 Å². The monoisotopic (exact) mass is 353 g/mol. The number of aryl methyl sites for hydroxylation is 3. The van der Waals surface area contributed by atoms with E-state index in [2.05, 4.69) is 58.7 Å². The highest BCUT2D eigenvalue weighted by Crippen LogP contribution is 2.18. The molecule has 0 fully saturated rings. The highest BCUT2D eigenvalue weighted by Gasteiger charge is 2.09. The number of amides is 1. The number of carbonyl (C=O) groups excluding carboxylic acids is 1. The summed E-state index contributed by atoms with van der Waals surface area (Å²) in [6.07, 6.45) is 1.55. The van der Waals surface area contributed by atoms with Gasteiger partial charge >= 0.3 is 0 Å². The molecule has 0 bridgehead atoms. The van der Waals surface area contributed by atoms with Crippen LogP contribution in [0.2, 0.25) is 0 Å². The van der Waals surface area contributed by atoms with Crippen molar-refractivity contribution in [2.75, 3.05) is 10.6 Å². The second-order valence-corrected chi connectivity index (χ2v) is 6.69. The summed E-state index contributed by atoms with van der Waals surface area (Å²) >= 11 is 1.27. The Morgan fingerprint density at radius 1 is 1.16 bits per heavy atom. The van der Waals surface area contributed by atoms with Crippen LogP contribution < -0.4 is 10.6 Å². The van der Waals surface area contributed by atoms with Crippen LogP contribution in [0.15, 0.2) is 36.0 Å². The van der Waals surface area contributed by atoms with Crippen LogP contribution in [0.5, 0.6) is 0 Å². The molecule has 0 aliphatic heterocycles. The number of anilines is 2. The van der Waals surface area contributed by atoms with E-state index in [1.165, 1.54) is 33.6 Å². The first-order valence-electron chi connectivity index (χ1n) is 7.87. The molecule has 0 saturated heterocycles. The van der Waals surface area contributed by atoms with Crippen molar-refractivity contribution in [1.82, 2.24) is 15.2 Å². The Balaban J connectivity index is 1.64. The topological polar surface area (TPSA) is 79.8 Å². The molecule has 3 aromatic rings. The van der Waals surface area contributed by atoms with Crippen LogP contribution in [-0.4, -0.2) is 21.1 Å². The maximum Gasteiger partial charge on any atom is 0.259 e. The molecule has 1 amide bonds. The number of pyridine rings is 1. The van der Waals surface area contributed by atoms with Gasteiger partial charge in [-0.15, -0.1) is 10.2 Å². The molecular weight excluding hydrogens is 334 g/mol. The predicted octanol–water partition coefficient (Wildman–Crippen LogP) is 3.72. The predicted molar refractivity (Wildman–Crippen MR) is 100 cm³/mol. The number of nitrogens with zero attached hydrogens (tertiary/aromatic N) is 3. The van der Waals surface area contributed by atoms with Crippen LogP contribution in [0.3, 0.4) is 0 Å². The first-order chi connectivity index (χ1) is 12.0. The van der Waals surface area contributed by atoms with Crippen molar-refractivity contribution in [2.45, 2.75) is 27.3 Å². The standard InChI is InChI=1S/C18H19N5OS/c1-11-6-12(2)15(13(3)7-11)9-20-16-5-4-14(8-19-16)17(24)22-18-23-21-10-25-18/h4-8,10H,9H2,1-3H3,(H,19,20)(H,22,23,24). The Bertz CT molecular complexity index is 852. The Morgan fingerprint density at radius 2 is 1.92 bits per heavy atom. The molecule has 0 saturated carbocycles. The van der Waals surface area contributed by atoms with E-state index in [0.29, 0.717) is 17.2 Å². The Kier molecular flexibility index (Phi) is 5.04. The number of nitrogens with one attached hydrogen (secondary N) is 2. The Hall–Kier alpha value is -2.80. The van der Waals surface area contributed by atoms with Crippen molar-refractivity contribution in [2.24, 2.45) is 0 Å². The molecular formula is C18H19N5OS. The number of carbonyl (C=O) groups is 1. The van der Waals surface area contributed by atoms with Gasteiger partial charge in [-0.2, -0.15) is 0 Å². The maximum absolute atomic E-state index is 12.1. The minimum absolute atomic E-state index is 0.249. The van der Waals surface area contributed by atoms with Crippen LogP contribution >= 0.6 is 11.3 Å². The fraction of sp³-hybridized carbons (Fsp3) is 0.222. The van der Waals surface area contributed by atoms with E-state index in [1.54, 1.807) is 23.8 Å². The molecule has 7 heteroatoms. The summed E-state index contributed by atoms with van der Waals surface area (Å²) in [6, 6.07) is 7.89. The van der Waals surface area contributed by atoms with Crippen LogP contribution in [-0.2, 0) is 6.54 Å². The zero-order valence-corrected chi connectivity index (χ0v) is 15.1. The Labute approximate surface area is 150 Å². The fourth-order valence-electron chi connectivity index (χ4n) is 2.70. The number of hydrogen-bond acceptors (Lipinski definition) is 6. The molecule has 0 radical (unpaired) electrons. The summed E-state index contributed by atoms with van der Waals surface area (Å²) in [4.78, 5) is 16.4. The number of benzene rings is 1. The molecule has 0 spiro atoms. The molecule has 1 aromatic carbocycles. The van der Waals surface area contributed by atoms with Crippen molar-refractivity contribution in [3.63, 3.8) is 0 Å². The van der Waals surface area contributed by atoms with Crippen molar-refractivity contribution in [1.29, 1.82) is 0 Å². The van der Waals surface area contributed by atoms with E-state index in [0.717, 1.165) is 5.82 Å². The smallest absolute Gasteiger partial charge is 0.259 e. The molecule has 2 aromatic heterocycles. The number of rotatable bonds is 5. The van der Waals surface area contributed by atoms with Crippen molar-refractivity contribution >= 4 is 28.2 Å². The van der Waals surface area contributed by atoms with Gasteiger partial charge in [-0.25, -0.2) is 4.98 Å². The zero-order valence-electron chi connectivity index (χ0n) is 14.3. The first kappa shape index (κ1) is 17.0. The highest BCUT2D eigenvalue weighted by molar-refractivity contribution is 7.13. The van der Waals surface area contributed by atoms with E-state index in [9.17, 15) is 4.79 Å². The molecule has 0 unspecified atom stereocenters. The maximum atomic E-state index is 12.1. The second kappa shape index (κ2) is 7.40. The van der Waals surface area contributed by atoms with Gasteiger partial charge in [0, 0.05) is 12.7 Å². The SMILES string of the molecule is Cc1cc(C)c(CNc2ccc(C(=O)Nc3nncs3)cn2)c(C)c1. The lowest BCUT2D eigenvalue weighted by Gasteiger charge is -2.13. The first-order valence-corrected chi connectivity index (χ1v) is 8.75. The number of hydrogen-bond donors (Lipinski definition) is 2. The van der Waals surface area contributed by atoms with Crippen LogP contribution in [0.25, 0.3) is 0 Å². The second-order valence-electron chi connectivity index (χ2n) is 5.86. The lowest BCUT2D eigenvalue weighted by molar-refractivity contribution is 0.102. The van der Waals surface area contributed by atoms with Gasteiger partial charge in [0.1, 0.15) is 11.3 Å². The van der Waals surface area contributed by atoms with Gasteiger partial charge in [0.15, 0.2) is 0 Å². The summed E-state index contributed by atoms with van der Waals surface area (Å²) in [5.74, 6) is 0.480. The quantitative estimate of drug-likeness (QED) is 0.731. The largest absolute Gasteiger partial charge is 0.366 e. The van der Waals surface area contributed by atoms with E-state index >= 15 is 0 Å². The third-order valence-corrected chi connectivity index (χ3v) is 4.50. The third-order valence-electron chi connectivity index (χ3n) is 3.89. The van der Waals surface area contributed by atoms with E-state index in [1.807, 2.05) is 0 Å². The third kappa shape index (κ3) is 4.19. The van der Waals surface area contributed by atoms with Gasteiger partial charge in [0.05, 0.1) is 5.56 Å². The van der Waals surface area contributed by atoms with Gasteiger partial charge in [-0.05, 0) is 49.6 Å². The summed E-state index contributed by atoms with van der Waals surface area (Å²) in [5, 5.41) is 13.9. The number of aromatic nitrogens is 3. The summed E-state index contributed by atoms with van der Waals surface area (Å²) in [5.41, 5.74) is 7.10. The molecule has 3 rings (SSSR count). The van der Waals surface area contributed by atoms with Crippen LogP contribution in [0.4, 0.5) is 10.9 Å². The van der Waals surface area contributed by atoms with Gasteiger partial charge in [0.25, 0.3) is 5.91 Å². The fourth-order valence-corrected chi connectivity index (χ4v) is 3.14. The summed E-state index contributed by atoms with van der Waals surface area (Å²) in [6.45, 7) is 7.03. The van der Waals surface area contributed by atoms with Gasteiger partial charge < -0.3 is 5.32 Å². The molecule has 0 aliphatic carbocycles. The van der Waals surface area contributed by atoms with Crippen molar-refractivity contribution in [3.05, 3.63) is 63.8 Å². The normalized spacial score (nSPS) is 10.5. The molecule has 0 atom stereocenters.